The number of benzene rings is 2. The maximum atomic E-state index is 13.2. The SMILES string of the molecule is O=C([C@H](O)c1ccccc1)N1C[C@H]2C[C@@H](C1)[C@H](Cc1ccccc1)n1c2cccc1=O. The zero-order valence-corrected chi connectivity index (χ0v) is 17.3. The molecule has 1 amide bonds. The number of aliphatic hydroxyl groups is 1. The number of amides is 1. The maximum absolute atomic E-state index is 13.2. The van der Waals surface area contributed by atoms with E-state index in [1.54, 1.807) is 23.1 Å². The van der Waals surface area contributed by atoms with Gasteiger partial charge in [0.25, 0.3) is 11.5 Å². The van der Waals surface area contributed by atoms with E-state index in [0.717, 1.165) is 18.5 Å². The minimum Gasteiger partial charge on any atom is -0.378 e. The van der Waals surface area contributed by atoms with Crippen LogP contribution in [0.25, 0.3) is 0 Å². The standard InChI is InChI=1S/C26H26N2O3/c29-24-13-7-12-22-20-15-21(23(28(22)24)14-18-8-3-1-4-9-18)17-27(16-20)26(31)25(30)19-10-5-2-6-11-19/h1-13,20-21,23,25,30H,14-17H2/t20-,21+,23+,25-/m1/s1. The van der Waals surface area contributed by atoms with Crippen molar-refractivity contribution >= 4 is 5.91 Å². The van der Waals surface area contributed by atoms with Gasteiger partial charge in [0.05, 0.1) is 0 Å². The summed E-state index contributed by atoms with van der Waals surface area (Å²) in [5.74, 6) is 0.0103. The molecule has 4 atom stereocenters. The number of rotatable bonds is 4. The Bertz CT molecular complexity index is 1130. The van der Waals surface area contributed by atoms with Crippen LogP contribution in [0.3, 0.4) is 0 Å². The van der Waals surface area contributed by atoms with Crippen molar-refractivity contribution < 1.29 is 9.90 Å². The molecule has 1 fully saturated rings. The minimum absolute atomic E-state index is 0.00758. The first kappa shape index (κ1) is 19.8. The third kappa shape index (κ3) is 3.70. The molecule has 0 radical (unpaired) electrons. The third-order valence-corrected chi connectivity index (χ3v) is 6.75. The van der Waals surface area contributed by atoms with Crippen LogP contribution in [0.5, 0.6) is 0 Å². The van der Waals surface area contributed by atoms with Crippen molar-refractivity contribution in [1.82, 2.24) is 9.47 Å². The second-order valence-electron chi connectivity index (χ2n) is 8.67. The van der Waals surface area contributed by atoms with Gasteiger partial charge in [-0.1, -0.05) is 66.7 Å². The third-order valence-electron chi connectivity index (χ3n) is 6.75. The van der Waals surface area contributed by atoms with E-state index >= 15 is 0 Å². The van der Waals surface area contributed by atoms with Crippen molar-refractivity contribution in [3.63, 3.8) is 0 Å². The first-order valence-corrected chi connectivity index (χ1v) is 10.9. The molecule has 5 rings (SSSR count). The van der Waals surface area contributed by atoms with Gasteiger partial charge in [0.15, 0.2) is 6.10 Å². The summed E-state index contributed by atoms with van der Waals surface area (Å²) in [6.07, 6.45) is 0.537. The van der Waals surface area contributed by atoms with Gasteiger partial charge in [0.2, 0.25) is 0 Å². The van der Waals surface area contributed by atoms with Gasteiger partial charge in [-0.15, -0.1) is 0 Å². The van der Waals surface area contributed by atoms with E-state index in [-0.39, 0.29) is 29.3 Å². The van der Waals surface area contributed by atoms with Gasteiger partial charge in [0.1, 0.15) is 0 Å². The predicted octanol–water partition coefficient (Wildman–Crippen LogP) is 3.31. The van der Waals surface area contributed by atoms with E-state index in [2.05, 4.69) is 12.1 Å². The molecule has 5 heteroatoms. The average molecular weight is 415 g/mol. The molecule has 0 spiro atoms. The lowest BCUT2D eigenvalue weighted by Gasteiger charge is -2.47. The molecule has 1 N–H and O–H groups in total. The number of pyridine rings is 1. The largest absolute Gasteiger partial charge is 0.378 e. The smallest absolute Gasteiger partial charge is 0.256 e. The monoisotopic (exact) mass is 414 g/mol. The molecule has 1 saturated heterocycles. The van der Waals surface area contributed by atoms with Crippen LogP contribution < -0.4 is 5.56 Å². The topological polar surface area (TPSA) is 62.5 Å². The fourth-order valence-electron chi connectivity index (χ4n) is 5.29. The number of carbonyl (C=O) groups excluding carboxylic acids is 1. The number of fused-ring (bicyclic) bond motifs is 4. The molecule has 0 aliphatic carbocycles. The Labute approximate surface area is 181 Å². The fraction of sp³-hybridized carbons (Fsp3) is 0.308. The van der Waals surface area contributed by atoms with Gasteiger partial charge in [-0.05, 0) is 36.0 Å². The summed E-state index contributed by atoms with van der Waals surface area (Å²) in [4.78, 5) is 27.8. The van der Waals surface area contributed by atoms with Crippen LogP contribution in [0.1, 0.15) is 41.3 Å². The number of hydrogen-bond acceptors (Lipinski definition) is 3. The minimum atomic E-state index is -1.16. The van der Waals surface area contributed by atoms with E-state index in [0.29, 0.717) is 18.7 Å². The molecule has 2 aliphatic heterocycles. The Hall–Kier alpha value is -3.18. The lowest BCUT2D eigenvalue weighted by molar-refractivity contribution is -0.143. The van der Waals surface area contributed by atoms with Gasteiger partial charge in [-0.2, -0.15) is 0 Å². The Balaban J connectivity index is 1.47. The molecule has 0 unspecified atom stereocenters. The Morgan fingerprint density at radius 2 is 1.65 bits per heavy atom. The van der Waals surface area contributed by atoms with E-state index in [9.17, 15) is 14.7 Å². The van der Waals surface area contributed by atoms with Gasteiger partial charge in [-0.25, -0.2) is 0 Å². The number of carbonyl (C=O) groups is 1. The second kappa shape index (κ2) is 8.16. The molecule has 2 aliphatic rings. The first-order chi connectivity index (χ1) is 15.1. The van der Waals surface area contributed by atoms with Crippen LogP contribution in [0.4, 0.5) is 0 Å². The molecular formula is C26H26N2O3. The van der Waals surface area contributed by atoms with E-state index < -0.39 is 6.10 Å². The van der Waals surface area contributed by atoms with Gasteiger partial charge < -0.3 is 14.6 Å². The predicted molar refractivity (Wildman–Crippen MR) is 119 cm³/mol. The number of piperidine rings is 1. The summed E-state index contributed by atoms with van der Waals surface area (Å²) < 4.78 is 1.96. The normalized spacial score (nSPS) is 23.1. The van der Waals surface area contributed by atoms with Crippen molar-refractivity contribution in [2.75, 3.05) is 13.1 Å². The molecule has 3 aromatic rings. The first-order valence-electron chi connectivity index (χ1n) is 10.9. The van der Waals surface area contributed by atoms with Crippen LogP contribution >= 0.6 is 0 Å². The highest BCUT2D eigenvalue weighted by atomic mass is 16.3. The molecule has 158 valence electrons. The number of aliphatic hydroxyl groups excluding tert-OH is 1. The van der Waals surface area contributed by atoms with E-state index in [1.165, 1.54) is 5.56 Å². The number of likely N-dealkylation sites (tertiary alicyclic amines) is 1. The van der Waals surface area contributed by atoms with Crippen LogP contribution in [-0.2, 0) is 11.2 Å². The van der Waals surface area contributed by atoms with Gasteiger partial charge in [-0.3, -0.25) is 9.59 Å². The molecule has 2 aromatic carbocycles. The molecule has 5 nitrogen and oxygen atoms in total. The zero-order valence-electron chi connectivity index (χ0n) is 17.3. The second-order valence-corrected chi connectivity index (χ2v) is 8.67. The number of aromatic nitrogens is 1. The summed E-state index contributed by atoms with van der Waals surface area (Å²) in [5, 5.41) is 10.7. The Morgan fingerprint density at radius 3 is 2.39 bits per heavy atom. The molecule has 0 saturated carbocycles. The average Bonchev–Trinajstić information content (AvgIpc) is 2.82. The van der Waals surface area contributed by atoms with E-state index in [4.69, 9.17) is 0 Å². The highest BCUT2D eigenvalue weighted by Gasteiger charge is 2.42. The Morgan fingerprint density at radius 1 is 0.935 bits per heavy atom. The summed E-state index contributed by atoms with van der Waals surface area (Å²) >= 11 is 0. The van der Waals surface area contributed by atoms with Crippen LogP contribution in [-0.4, -0.2) is 33.6 Å². The maximum Gasteiger partial charge on any atom is 0.256 e. The van der Waals surface area contributed by atoms with Gasteiger partial charge >= 0.3 is 0 Å². The van der Waals surface area contributed by atoms with Crippen LogP contribution in [0, 0.1) is 5.92 Å². The molecule has 31 heavy (non-hydrogen) atoms. The summed E-state index contributed by atoms with van der Waals surface area (Å²) in [6.45, 7) is 1.08. The van der Waals surface area contributed by atoms with Crippen molar-refractivity contribution in [3.05, 3.63) is 106 Å². The quantitative estimate of drug-likeness (QED) is 0.713. The summed E-state index contributed by atoms with van der Waals surface area (Å²) in [7, 11) is 0. The lowest BCUT2D eigenvalue weighted by atomic mass is 9.76. The highest BCUT2D eigenvalue weighted by Crippen LogP contribution is 2.42. The molecule has 1 aromatic heterocycles. The zero-order chi connectivity index (χ0) is 21.4. The highest BCUT2D eigenvalue weighted by molar-refractivity contribution is 5.82. The molecule has 3 heterocycles. The van der Waals surface area contributed by atoms with Crippen molar-refractivity contribution in [1.29, 1.82) is 0 Å². The lowest BCUT2D eigenvalue weighted by Crippen LogP contribution is -2.52. The fourth-order valence-corrected chi connectivity index (χ4v) is 5.29. The summed E-state index contributed by atoms with van der Waals surface area (Å²) in [5.41, 5.74) is 2.81. The number of nitrogens with zero attached hydrogens (tertiary/aromatic N) is 2. The van der Waals surface area contributed by atoms with Crippen LogP contribution in [0.2, 0.25) is 0 Å². The molecule has 2 bridgehead atoms. The van der Waals surface area contributed by atoms with Crippen LogP contribution in [0.15, 0.2) is 83.7 Å². The number of hydrogen-bond donors (Lipinski definition) is 1. The summed E-state index contributed by atoms with van der Waals surface area (Å²) in [6, 6.07) is 24.7. The van der Waals surface area contributed by atoms with Gasteiger partial charge in [0, 0.05) is 36.8 Å². The van der Waals surface area contributed by atoms with Crippen molar-refractivity contribution in [2.45, 2.75) is 30.9 Å². The van der Waals surface area contributed by atoms with E-state index in [1.807, 2.05) is 53.1 Å². The Kier molecular flexibility index (Phi) is 5.20. The van der Waals surface area contributed by atoms with Crippen molar-refractivity contribution in [2.24, 2.45) is 5.92 Å². The molecular weight excluding hydrogens is 388 g/mol. The van der Waals surface area contributed by atoms with Crippen molar-refractivity contribution in [3.8, 4) is 0 Å².